The number of hydrogen-bond acceptors (Lipinski definition) is 4. The van der Waals surface area contributed by atoms with E-state index in [0.717, 1.165) is 19.3 Å². The summed E-state index contributed by atoms with van der Waals surface area (Å²) in [4.78, 5) is 44.8. The first-order valence-corrected chi connectivity index (χ1v) is 12.9. The number of H-pyrrole nitrogens is 1. The fourth-order valence-electron chi connectivity index (χ4n) is 5.16. The number of carbonyl (C=O) groups is 2. The van der Waals surface area contributed by atoms with E-state index in [2.05, 4.69) is 12.0 Å². The minimum absolute atomic E-state index is 0.00952. The van der Waals surface area contributed by atoms with E-state index < -0.39 is 11.8 Å². The molecule has 3 aromatic rings. The number of para-hydroxylation sites is 1. The van der Waals surface area contributed by atoms with Crippen LogP contribution in [0.2, 0.25) is 0 Å². The van der Waals surface area contributed by atoms with Crippen LogP contribution in [0.5, 0.6) is 0 Å². The van der Waals surface area contributed by atoms with Crippen molar-refractivity contribution in [1.29, 1.82) is 0 Å². The quantitative estimate of drug-likeness (QED) is 0.490. The predicted molar refractivity (Wildman–Crippen MR) is 139 cm³/mol. The zero-order chi connectivity index (χ0) is 26.1. The van der Waals surface area contributed by atoms with Crippen molar-refractivity contribution >= 4 is 17.4 Å². The van der Waals surface area contributed by atoms with Crippen LogP contribution >= 0.6 is 0 Å². The number of nitrogens with zero attached hydrogens (tertiary/aromatic N) is 3. The summed E-state index contributed by atoms with van der Waals surface area (Å²) in [5.74, 6) is -0.756. The van der Waals surface area contributed by atoms with Gasteiger partial charge in [-0.15, -0.1) is 0 Å². The zero-order valence-corrected chi connectivity index (χ0v) is 21.2. The third-order valence-corrected chi connectivity index (χ3v) is 7.23. The molecule has 192 valence electrons. The summed E-state index contributed by atoms with van der Waals surface area (Å²) in [6, 6.07) is 15.0. The maximum Gasteiger partial charge on any atom is 0.279 e. The Morgan fingerprint density at radius 3 is 2.27 bits per heavy atom. The average molecular weight is 503 g/mol. The molecule has 5 rings (SSSR count). The number of hydrogen-bond donors (Lipinski definition) is 1. The molecular formula is C29H31FN4O3. The van der Waals surface area contributed by atoms with Crippen molar-refractivity contribution in [2.24, 2.45) is 5.92 Å². The number of piperidine rings is 1. The van der Waals surface area contributed by atoms with Gasteiger partial charge in [0, 0.05) is 18.8 Å². The fourth-order valence-corrected chi connectivity index (χ4v) is 5.16. The highest BCUT2D eigenvalue weighted by atomic mass is 19.1. The molecule has 0 spiro atoms. The third kappa shape index (κ3) is 4.63. The molecule has 0 saturated carbocycles. The lowest BCUT2D eigenvalue weighted by molar-refractivity contribution is -0.138. The Labute approximate surface area is 215 Å². The maximum atomic E-state index is 13.9. The fraction of sp³-hybridized carbons (Fsp3) is 0.345. The zero-order valence-electron chi connectivity index (χ0n) is 21.2. The molecule has 0 bridgehead atoms. The maximum absolute atomic E-state index is 13.9. The Morgan fingerprint density at radius 2 is 1.62 bits per heavy atom. The highest BCUT2D eigenvalue weighted by molar-refractivity contribution is 6.35. The molecule has 1 N–H and O–H groups in total. The van der Waals surface area contributed by atoms with E-state index in [0.29, 0.717) is 48.1 Å². The van der Waals surface area contributed by atoms with Crippen LogP contribution in [-0.4, -0.2) is 44.5 Å². The van der Waals surface area contributed by atoms with E-state index >= 15 is 0 Å². The Morgan fingerprint density at radius 1 is 0.946 bits per heavy atom. The SMILES string of the molecule is CCCc1[nH]n(-c2ccccc2)c(=O)c1C1=C(N2CCC(C)CC2)C(=O)N(Cc2ccc(F)cc2)C1=O. The number of carbonyl (C=O) groups excluding carboxylic acids is 2. The number of likely N-dealkylation sites (tertiary alicyclic amines) is 1. The van der Waals surface area contributed by atoms with Crippen LogP contribution in [-0.2, 0) is 22.6 Å². The number of amides is 2. The number of benzene rings is 2. The largest absolute Gasteiger partial charge is 0.366 e. The lowest BCUT2D eigenvalue weighted by atomic mass is 9.97. The number of halogens is 1. The third-order valence-electron chi connectivity index (χ3n) is 7.23. The van der Waals surface area contributed by atoms with Crippen molar-refractivity contribution in [2.45, 2.75) is 46.1 Å². The summed E-state index contributed by atoms with van der Waals surface area (Å²) in [6.45, 7) is 5.48. The van der Waals surface area contributed by atoms with Gasteiger partial charge in [0.25, 0.3) is 17.4 Å². The molecule has 0 aliphatic carbocycles. The van der Waals surface area contributed by atoms with Gasteiger partial charge in [0.2, 0.25) is 0 Å². The Hall–Kier alpha value is -3.94. The average Bonchev–Trinajstić information content (AvgIpc) is 3.34. The Balaban J connectivity index is 1.64. The van der Waals surface area contributed by atoms with Crippen LogP contribution in [0, 0.1) is 11.7 Å². The van der Waals surface area contributed by atoms with Crippen LogP contribution in [0.4, 0.5) is 4.39 Å². The molecule has 37 heavy (non-hydrogen) atoms. The molecule has 2 aromatic carbocycles. The van der Waals surface area contributed by atoms with E-state index in [1.54, 1.807) is 12.1 Å². The van der Waals surface area contributed by atoms with E-state index in [-0.39, 0.29) is 29.1 Å². The smallest absolute Gasteiger partial charge is 0.279 e. The van der Waals surface area contributed by atoms with Crippen molar-refractivity contribution in [3.8, 4) is 5.69 Å². The molecule has 1 fully saturated rings. The summed E-state index contributed by atoms with van der Waals surface area (Å²) in [6.07, 6.45) is 3.11. The van der Waals surface area contributed by atoms with Crippen molar-refractivity contribution < 1.29 is 14.0 Å². The highest BCUT2D eigenvalue weighted by Gasteiger charge is 2.44. The molecule has 1 saturated heterocycles. The Kier molecular flexibility index (Phi) is 6.82. The molecule has 8 heteroatoms. The van der Waals surface area contributed by atoms with Crippen molar-refractivity contribution in [2.75, 3.05) is 13.1 Å². The number of nitrogens with one attached hydrogen (secondary N) is 1. The minimum Gasteiger partial charge on any atom is -0.366 e. The van der Waals surface area contributed by atoms with Gasteiger partial charge in [0.15, 0.2) is 0 Å². The molecule has 2 amide bonds. The van der Waals surface area contributed by atoms with Crippen LogP contribution in [0.1, 0.15) is 49.9 Å². The lowest BCUT2D eigenvalue weighted by Crippen LogP contribution is -2.38. The first-order valence-electron chi connectivity index (χ1n) is 12.9. The number of rotatable bonds is 7. The van der Waals surface area contributed by atoms with Crippen LogP contribution in [0.25, 0.3) is 11.3 Å². The summed E-state index contributed by atoms with van der Waals surface area (Å²) in [5.41, 5.74) is 2.31. The second-order valence-electron chi connectivity index (χ2n) is 9.91. The van der Waals surface area contributed by atoms with E-state index in [1.807, 2.05) is 42.2 Å². The minimum atomic E-state index is -0.489. The molecule has 0 radical (unpaired) electrons. The van der Waals surface area contributed by atoms with Crippen LogP contribution in [0.3, 0.4) is 0 Å². The van der Waals surface area contributed by atoms with Gasteiger partial charge in [-0.05, 0) is 55.0 Å². The highest BCUT2D eigenvalue weighted by Crippen LogP contribution is 2.35. The monoisotopic (exact) mass is 502 g/mol. The van der Waals surface area contributed by atoms with Crippen molar-refractivity contribution in [3.63, 3.8) is 0 Å². The van der Waals surface area contributed by atoms with E-state index in [1.165, 1.54) is 21.7 Å². The van der Waals surface area contributed by atoms with Gasteiger partial charge in [0.1, 0.15) is 11.5 Å². The molecule has 2 aliphatic heterocycles. The number of imide groups is 1. The molecule has 2 aliphatic rings. The first-order chi connectivity index (χ1) is 17.9. The van der Waals surface area contributed by atoms with Gasteiger partial charge in [-0.25, -0.2) is 9.07 Å². The second kappa shape index (κ2) is 10.2. The summed E-state index contributed by atoms with van der Waals surface area (Å²) < 4.78 is 14.9. The molecule has 7 nitrogen and oxygen atoms in total. The number of aromatic nitrogens is 2. The Bertz CT molecular complexity index is 1400. The molecule has 0 atom stereocenters. The predicted octanol–water partition coefficient (Wildman–Crippen LogP) is 4.27. The van der Waals surface area contributed by atoms with Gasteiger partial charge in [-0.3, -0.25) is 24.4 Å². The lowest BCUT2D eigenvalue weighted by Gasteiger charge is -2.32. The number of aryl methyl sites for hydroxylation is 1. The molecular weight excluding hydrogens is 471 g/mol. The summed E-state index contributed by atoms with van der Waals surface area (Å²) in [7, 11) is 0. The van der Waals surface area contributed by atoms with Gasteiger partial charge in [-0.2, -0.15) is 0 Å². The summed E-state index contributed by atoms with van der Waals surface area (Å²) >= 11 is 0. The standard InChI is InChI=1S/C29H31FN4O3/c1-3-7-23-24(28(36)34(31-23)22-8-5-4-6-9-22)25-26(32-16-14-19(2)15-17-32)29(37)33(27(25)35)18-20-10-12-21(30)13-11-20/h4-6,8-13,19,31H,3,7,14-18H2,1-2H3. The first kappa shape index (κ1) is 24.7. The topological polar surface area (TPSA) is 78.4 Å². The van der Waals surface area contributed by atoms with Crippen molar-refractivity contribution in [3.05, 3.63) is 93.3 Å². The van der Waals surface area contributed by atoms with Gasteiger partial charge >= 0.3 is 0 Å². The number of aromatic amines is 1. The summed E-state index contributed by atoms with van der Waals surface area (Å²) in [5, 5.41) is 3.21. The van der Waals surface area contributed by atoms with Gasteiger partial charge in [0.05, 0.1) is 23.4 Å². The van der Waals surface area contributed by atoms with Crippen LogP contribution in [0.15, 0.2) is 65.1 Å². The van der Waals surface area contributed by atoms with Crippen LogP contribution < -0.4 is 5.56 Å². The van der Waals surface area contributed by atoms with Gasteiger partial charge < -0.3 is 4.90 Å². The van der Waals surface area contributed by atoms with Crippen molar-refractivity contribution in [1.82, 2.24) is 19.6 Å². The van der Waals surface area contributed by atoms with Gasteiger partial charge in [-0.1, -0.05) is 50.6 Å². The van der Waals surface area contributed by atoms with E-state index in [4.69, 9.17) is 0 Å². The molecule has 1 aromatic heterocycles. The molecule has 3 heterocycles. The van der Waals surface area contributed by atoms with E-state index in [9.17, 15) is 18.8 Å². The second-order valence-corrected chi connectivity index (χ2v) is 9.91. The normalized spacial score (nSPS) is 16.8. The molecule has 0 unspecified atom stereocenters.